The number of carbonyl (C=O) groups is 1. The molecule has 3 aromatic rings. The summed E-state index contributed by atoms with van der Waals surface area (Å²) in [6.45, 7) is 0. The van der Waals surface area contributed by atoms with E-state index in [4.69, 9.17) is 28.3 Å². The molecule has 1 aromatic heterocycles. The maximum absolute atomic E-state index is 13.5. The molecule has 0 radical (unpaired) electrons. The van der Waals surface area contributed by atoms with Crippen molar-refractivity contribution in [2.24, 2.45) is 11.8 Å². The topological polar surface area (TPSA) is 59.0 Å². The van der Waals surface area contributed by atoms with Gasteiger partial charge >= 0.3 is 0 Å². The monoisotopic (exact) mass is 544 g/mol. The summed E-state index contributed by atoms with van der Waals surface area (Å²) in [4.78, 5) is 13.5. The smallest absolute Gasteiger partial charge is 0.290 e. The van der Waals surface area contributed by atoms with Gasteiger partial charge in [-0.3, -0.25) is 15.6 Å². The molecular weight excluding hydrogens is 523 g/mol. The van der Waals surface area contributed by atoms with E-state index in [1.165, 1.54) is 12.1 Å². The van der Waals surface area contributed by atoms with E-state index in [0.29, 0.717) is 27.6 Å². The molecule has 2 fully saturated rings. The molecule has 5 nitrogen and oxygen atoms in total. The molecule has 8 heteroatoms. The zero-order valence-electron chi connectivity index (χ0n) is 17.8. The van der Waals surface area contributed by atoms with E-state index in [1.54, 1.807) is 6.07 Å². The van der Waals surface area contributed by atoms with Crippen LogP contribution in [0.25, 0.3) is 5.69 Å². The van der Waals surface area contributed by atoms with E-state index in [0.717, 1.165) is 58.9 Å². The Kier molecular flexibility index (Phi) is 5.43. The van der Waals surface area contributed by atoms with E-state index >= 15 is 0 Å². The minimum absolute atomic E-state index is 0.230. The molecule has 2 unspecified atom stereocenters. The predicted molar refractivity (Wildman–Crippen MR) is 134 cm³/mol. The van der Waals surface area contributed by atoms with Crippen LogP contribution in [0.4, 0.5) is 5.69 Å². The van der Waals surface area contributed by atoms with Crippen molar-refractivity contribution in [1.29, 1.82) is 0 Å². The van der Waals surface area contributed by atoms with Crippen molar-refractivity contribution in [1.82, 2.24) is 15.2 Å². The average molecular weight is 546 g/mol. The number of hydrazine groups is 1. The van der Waals surface area contributed by atoms with Gasteiger partial charge in [-0.05, 0) is 96.1 Å². The predicted octanol–water partition coefficient (Wildman–Crippen LogP) is 7.09. The zero-order valence-corrected chi connectivity index (χ0v) is 20.9. The van der Waals surface area contributed by atoms with Crippen molar-refractivity contribution in [2.75, 3.05) is 5.43 Å². The Morgan fingerprint density at radius 3 is 2.45 bits per heavy atom. The molecule has 0 saturated heterocycles. The summed E-state index contributed by atoms with van der Waals surface area (Å²) in [7, 11) is 0. The van der Waals surface area contributed by atoms with Gasteiger partial charge in [0.2, 0.25) is 0 Å². The highest BCUT2D eigenvalue weighted by molar-refractivity contribution is 9.10. The first-order chi connectivity index (χ1) is 16.0. The second kappa shape index (κ2) is 8.33. The maximum Gasteiger partial charge on any atom is 0.290 e. The summed E-state index contributed by atoms with van der Waals surface area (Å²) in [6, 6.07) is 13.1. The number of nitrogens with one attached hydrogen (secondary N) is 2. The second-order valence-corrected chi connectivity index (χ2v) is 11.2. The van der Waals surface area contributed by atoms with Crippen LogP contribution in [0.1, 0.15) is 65.7 Å². The Balaban J connectivity index is 1.44. The van der Waals surface area contributed by atoms with Crippen LogP contribution in [-0.4, -0.2) is 15.7 Å². The Hall–Kier alpha value is -2.02. The Labute approximate surface area is 210 Å². The Bertz CT molecular complexity index is 1250. The van der Waals surface area contributed by atoms with Crippen LogP contribution in [0, 0.1) is 11.8 Å². The van der Waals surface area contributed by atoms with Crippen molar-refractivity contribution >= 4 is 50.7 Å². The number of hydrogen-bond donors (Lipinski definition) is 2. The normalized spacial score (nSPS) is 24.9. The number of aromatic nitrogens is 2. The molecule has 0 spiro atoms. The number of hydrogen-bond acceptors (Lipinski definition) is 3. The first-order valence-electron chi connectivity index (χ1n) is 11.4. The van der Waals surface area contributed by atoms with E-state index < -0.39 is 0 Å². The van der Waals surface area contributed by atoms with Crippen LogP contribution >= 0.6 is 39.1 Å². The van der Waals surface area contributed by atoms with Gasteiger partial charge in [0.05, 0.1) is 22.1 Å². The molecule has 2 atom stereocenters. The highest BCUT2D eigenvalue weighted by Crippen LogP contribution is 2.57. The highest BCUT2D eigenvalue weighted by Gasteiger charge is 2.46. The molecule has 2 aromatic carbocycles. The summed E-state index contributed by atoms with van der Waals surface area (Å²) in [5.74, 6) is 1.98. The molecule has 1 amide bonds. The average Bonchev–Trinajstić information content (AvgIpc) is 3.09. The van der Waals surface area contributed by atoms with E-state index in [9.17, 15) is 4.79 Å². The molecular formula is C25H23BrCl2N4O. The summed E-state index contributed by atoms with van der Waals surface area (Å²) in [5.41, 5.74) is 10.2. The number of anilines is 1. The van der Waals surface area contributed by atoms with Crippen molar-refractivity contribution in [3.05, 3.63) is 73.9 Å². The fraction of sp³-hybridized carbons (Fsp3) is 0.360. The zero-order chi connectivity index (χ0) is 22.7. The van der Waals surface area contributed by atoms with Gasteiger partial charge in [0.1, 0.15) is 0 Å². The number of para-hydroxylation sites is 1. The van der Waals surface area contributed by atoms with Crippen LogP contribution in [0.5, 0.6) is 0 Å². The second-order valence-electron chi connectivity index (χ2n) is 9.52. The summed E-state index contributed by atoms with van der Waals surface area (Å²) in [5, 5.41) is 5.99. The van der Waals surface area contributed by atoms with Crippen LogP contribution in [0.3, 0.4) is 0 Å². The van der Waals surface area contributed by atoms with Crippen molar-refractivity contribution in [3.63, 3.8) is 0 Å². The molecule has 4 aliphatic rings. The number of amides is 1. The van der Waals surface area contributed by atoms with Gasteiger partial charge in [0.15, 0.2) is 5.69 Å². The molecule has 33 heavy (non-hydrogen) atoms. The third kappa shape index (κ3) is 3.76. The SMILES string of the molecule is O=C(NNc1ccccc1Br)c1nn(-c2ccc(Cl)cc2Cl)c2c1C1CC3CC(C1)CC2C3. The van der Waals surface area contributed by atoms with E-state index in [1.807, 2.05) is 41.1 Å². The van der Waals surface area contributed by atoms with Gasteiger partial charge in [-0.25, -0.2) is 4.68 Å². The molecule has 4 aliphatic carbocycles. The lowest BCUT2D eigenvalue weighted by Gasteiger charge is -2.38. The fourth-order valence-corrected chi connectivity index (χ4v) is 7.17. The third-order valence-electron chi connectivity index (χ3n) is 7.43. The number of carbonyl (C=O) groups excluding carboxylic acids is 1. The minimum atomic E-state index is -0.230. The van der Waals surface area contributed by atoms with Crippen LogP contribution in [-0.2, 0) is 0 Å². The number of benzene rings is 2. The van der Waals surface area contributed by atoms with E-state index in [-0.39, 0.29) is 5.91 Å². The number of rotatable bonds is 4. The van der Waals surface area contributed by atoms with Gasteiger partial charge in [-0.2, -0.15) is 5.10 Å². The van der Waals surface area contributed by atoms with E-state index in [2.05, 4.69) is 26.8 Å². The van der Waals surface area contributed by atoms with Crippen molar-refractivity contribution < 1.29 is 4.79 Å². The lowest BCUT2D eigenvalue weighted by atomic mass is 9.67. The number of nitrogens with zero attached hydrogens (tertiary/aromatic N) is 2. The first-order valence-corrected chi connectivity index (χ1v) is 12.9. The van der Waals surface area contributed by atoms with Gasteiger partial charge in [-0.1, -0.05) is 35.3 Å². The first kappa shape index (κ1) is 21.5. The van der Waals surface area contributed by atoms with Gasteiger partial charge in [0, 0.05) is 21.0 Å². The standard InChI is InChI=1S/C25H23BrCl2N4O/c26-18-3-1-2-4-20(18)29-30-25(33)23-22-15-8-13-7-14(9-15)11-16(10-13)24(22)32(31-23)21-6-5-17(27)12-19(21)28/h1-6,12-16,29H,7-11H2,(H,30,33). The Morgan fingerprint density at radius 1 is 1.00 bits per heavy atom. The van der Waals surface area contributed by atoms with Crippen molar-refractivity contribution in [3.8, 4) is 5.69 Å². The molecule has 4 bridgehead atoms. The number of halogens is 3. The van der Waals surface area contributed by atoms with Crippen LogP contribution in [0.2, 0.25) is 10.0 Å². The quantitative estimate of drug-likeness (QED) is 0.344. The van der Waals surface area contributed by atoms with Gasteiger partial charge < -0.3 is 0 Å². The summed E-state index contributed by atoms with van der Waals surface area (Å²) in [6.07, 6.45) is 5.91. The molecule has 0 aliphatic heterocycles. The maximum atomic E-state index is 13.5. The minimum Gasteiger partial charge on any atom is -0.297 e. The lowest BCUT2D eigenvalue weighted by molar-refractivity contribution is 0.0954. The third-order valence-corrected chi connectivity index (χ3v) is 8.66. The Morgan fingerprint density at radius 2 is 1.73 bits per heavy atom. The van der Waals surface area contributed by atoms with Crippen molar-refractivity contribution in [2.45, 2.75) is 43.9 Å². The molecule has 1 heterocycles. The largest absolute Gasteiger partial charge is 0.297 e. The molecule has 2 saturated carbocycles. The van der Waals surface area contributed by atoms with Crippen LogP contribution in [0.15, 0.2) is 46.9 Å². The fourth-order valence-electron chi connectivity index (χ4n) is 6.30. The summed E-state index contributed by atoms with van der Waals surface area (Å²) < 4.78 is 2.80. The molecule has 2 N–H and O–H groups in total. The van der Waals surface area contributed by atoms with Gasteiger partial charge in [0.25, 0.3) is 5.91 Å². The molecule has 170 valence electrons. The lowest BCUT2D eigenvalue weighted by Crippen LogP contribution is -2.31. The van der Waals surface area contributed by atoms with Crippen LogP contribution < -0.4 is 10.9 Å². The van der Waals surface area contributed by atoms with Gasteiger partial charge in [-0.15, -0.1) is 0 Å². The summed E-state index contributed by atoms with van der Waals surface area (Å²) >= 11 is 16.3. The molecule has 7 rings (SSSR count). The highest BCUT2D eigenvalue weighted by atomic mass is 79.9.